The number of anilines is 1. The van der Waals surface area contributed by atoms with Crippen LogP contribution in [0.25, 0.3) is 0 Å². The van der Waals surface area contributed by atoms with Crippen molar-refractivity contribution in [2.75, 3.05) is 25.5 Å². The van der Waals surface area contributed by atoms with Crippen molar-refractivity contribution >= 4 is 29.1 Å². The predicted molar refractivity (Wildman–Crippen MR) is 83.3 cm³/mol. The second-order valence-electron chi connectivity index (χ2n) is 5.39. The summed E-state index contributed by atoms with van der Waals surface area (Å²) in [7, 11) is 1.74. The molecule has 22 heavy (non-hydrogen) atoms. The molecule has 7 heteroatoms. The fourth-order valence-electron chi connectivity index (χ4n) is 2.45. The van der Waals surface area contributed by atoms with E-state index in [1.54, 1.807) is 11.9 Å². The smallest absolute Gasteiger partial charge is 0.238 e. The van der Waals surface area contributed by atoms with Crippen LogP contribution in [0, 0.1) is 5.82 Å². The third-order valence-corrected chi connectivity index (χ3v) is 3.92. The summed E-state index contributed by atoms with van der Waals surface area (Å²) in [5, 5.41) is 5.44. The first-order valence-corrected chi connectivity index (χ1v) is 7.58. The lowest BCUT2D eigenvalue weighted by Crippen LogP contribution is -2.46. The van der Waals surface area contributed by atoms with Crippen LogP contribution in [-0.2, 0) is 9.59 Å². The highest BCUT2D eigenvalue weighted by Gasteiger charge is 2.25. The van der Waals surface area contributed by atoms with Crippen LogP contribution in [-0.4, -0.2) is 42.9 Å². The second-order valence-corrected chi connectivity index (χ2v) is 5.80. The standard InChI is InChI=1S/C15H19ClFN3O2/c1-20(13-4-2-3-7-18-15(13)22)9-14(21)19-10-5-6-12(17)11(16)8-10/h5-6,8,13H,2-4,7,9H2,1H3,(H,18,22)(H,19,21)/t13-/m0/s1. The Morgan fingerprint density at radius 1 is 1.50 bits per heavy atom. The van der Waals surface area contributed by atoms with Gasteiger partial charge in [-0.3, -0.25) is 14.5 Å². The average Bonchev–Trinajstić information content (AvgIpc) is 2.67. The number of halogens is 2. The molecule has 1 aliphatic rings. The van der Waals surface area contributed by atoms with Crippen LogP contribution in [0.1, 0.15) is 19.3 Å². The number of nitrogens with zero attached hydrogens (tertiary/aromatic N) is 1. The molecule has 0 spiro atoms. The normalized spacial score (nSPS) is 18.7. The van der Waals surface area contributed by atoms with Gasteiger partial charge < -0.3 is 10.6 Å². The highest BCUT2D eigenvalue weighted by molar-refractivity contribution is 6.31. The monoisotopic (exact) mass is 327 g/mol. The molecule has 0 unspecified atom stereocenters. The first kappa shape index (κ1) is 16.7. The molecule has 120 valence electrons. The van der Waals surface area contributed by atoms with Crippen LogP contribution in [0.4, 0.5) is 10.1 Å². The Balaban J connectivity index is 1.92. The Hall–Kier alpha value is -1.66. The fourth-order valence-corrected chi connectivity index (χ4v) is 2.64. The highest BCUT2D eigenvalue weighted by Crippen LogP contribution is 2.19. The molecular weight excluding hydrogens is 309 g/mol. The number of hydrogen-bond acceptors (Lipinski definition) is 3. The van der Waals surface area contributed by atoms with Gasteiger partial charge in [-0.1, -0.05) is 11.6 Å². The maximum absolute atomic E-state index is 13.1. The summed E-state index contributed by atoms with van der Waals surface area (Å²) >= 11 is 5.67. The van der Waals surface area contributed by atoms with Crippen molar-refractivity contribution in [3.8, 4) is 0 Å². The van der Waals surface area contributed by atoms with Crippen LogP contribution in [0.5, 0.6) is 0 Å². The molecule has 2 N–H and O–H groups in total. The van der Waals surface area contributed by atoms with E-state index in [1.165, 1.54) is 18.2 Å². The van der Waals surface area contributed by atoms with E-state index >= 15 is 0 Å². The van der Waals surface area contributed by atoms with E-state index in [1.807, 2.05) is 0 Å². The summed E-state index contributed by atoms with van der Waals surface area (Å²) in [5.41, 5.74) is 0.426. The maximum Gasteiger partial charge on any atom is 0.238 e. The van der Waals surface area contributed by atoms with Crippen molar-refractivity contribution in [1.29, 1.82) is 0 Å². The molecule has 0 saturated carbocycles. The minimum absolute atomic E-state index is 0.0439. The quantitative estimate of drug-likeness (QED) is 0.889. The van der Waals surface area contributed by atoms with Crippen LogP contribution in [0.15, 0.2) is 18.2 Å². The van der Waals surface area contributed by atoms with Crippen molar-refractivity contribution in [2.24, 2.45) is 0 Å². The summed E-state index contributed by atoms with van der Waals surface area (Å²) < 4.78 is 13.1. The third kappa shape index (κ3) is 4.42. The first-order valence-electron chi connectivity index (χ1n) is 7.20. The lowest BCUT2D eigenvalue weighted by Gasteiger charge is -2.24. The van der Waals surface area contributed by atoms with E-state index in [2.05, 4.69) is 10.6 Å². The van der Waals surface area contributed by atoms with E-state index < -0.39 is 5.82 Å². The highest BCUT2D eigenvalue weighted by atomic mass is 35.5. The summed E-state index contributed by atoms with van der Waals surface area (Å²) in [6.45, 7) is 0.760. The molecule has 0 aliphatic carbocycles. The topological polar surface area (TPSA) is 61.4 Å². The van der Waals surface area contributed by atoms with Gasteiger partial charge in [0.05, 0.1) is 17.6 Å². The lowest BCUT2D eigenvalue weighted by atomic mass is 10.1. The average molecular weight is 328 g/mol. The van der Waals surface area contributed by atoms with Gasteiger partial charge >= 0.3 is 0 Å². The minimum Gasteiger partial charge on any atom is -0.355 e. The number of amides is 2. The molecule has 0 radical (unpaired) electrons. The van der Waals surface area contributed by atoms with Gasteiger partial charge in [0.2, 0.25) is 11.8 Å². The Morgan fingerprint density at radius 3 is 3.00 bits per heavy atom. The Labute approximate surface area is 133 Å². The molecule has 1 fully saturated rings. The largest absolute Gasteiger partial charge is 0.355 e. The van der Waals surface area contributed by atoms with Gasteiger partial charge in [-0.25, -0.2) is 4.39 Å². The van der Waals surface area contributed by atoms with Crippen molar-refractivity contribution in [3.05, 3.63) is 29.0 Å². The van der Waals surface area contributed by atoms with Crippen molar-refractivity contribution < 1.29 is 14.0 Å². The van der Waals surface area contributed by atoms with Gasteiger partial charge in [-0.2, -0.15) is 0 Å². The number of carbonyl (C=O) groups is 2. The molecule has 2 rings (SSSR count). The summed E-state index contributed by atoms with van der Waals surface area (Å²) in [5.74, 6) is -0.855. The van der Waals surface area contributed by atoms with E-state index in [0.29, 0.717) is 12.2 Å². The van der Waals surface area contributed by atoms with Gasteiger partial charge in [0.25, 0.3) is 0 Å². The molecule has 1 aromatic rings. The third-order valence-electron chi connectivity index (χ3n) is 3.63. The lowest BCUT2D eigenvalue weighted by molar-refractivity contribution is -0.126. The molecular formula is C15H19ClFN3O2. The van der Waals surface area contributed by atoms with Crippen molar-refractivity contribution in [1.82, 2.24) is 10.2 Å². The summed E-state index contributed by atoms with van der Waals surface area (Å²) in [6.07, 6.45) is 2.64. The number of carbonyl (C=O) groups excluding carboxylic acids is 2. The molecule has 2 amide bonds. The summed E-state index contributed by atoms with van der Waals surface area (Å²) in [6, 6.07) is 3.69. The van der Waals surface area contributed by atoms with E-state index in [9.17, 15) is 14.0 Å². The number of rotatable bonds is 4. The van der Waals surface area contributed by atoms with Crippen molar-refractivity contribution in [3.63, 3.8) is 0 Å². The molecule has 1 heterocycles. The molecule has 1 atom stereocenters. The van der Waals surface area contributed by atoms with E-state index in [4.69, 9.17) is 11.6 Å². The molecule has 0 bridgehead atoms. The van der Waals surface area contributed by atoms with Crippen LogP contribution in [0.3, 0.4) is 0 Å². The van der Waals surface area contributed by atoms with Gasteiger partial charge in [0, 0.05) is 12.2 Å². The van der Waals surface area contributed by atoms with Gasteiger partial charge in [-0.15, -0.1) is 0 Å². The van der Waals surface area contributed by atoms with Crippen LogP contribution >= 0.6 is 11.6 Å². The molecule has 5 nitrogen and oxygen atoms in total. The molecule has 1 aliphatic heterocycles. The maximum atomic E-state index is 13.1. The van der Waals surface area contributed by atoms with Gasteiger partial charge in [-0.05, 0) is 44.5 Å². The second kappa shape index (κ2) is 7.56. The predicted octanol–water partition coefficient (Wildman–Crippen LogP) is 2.02. The zero-order chi connectivity index (χ0) is 16.1. The molecule has 0 aromatic heterocycles. The zero-order valence-corrected chi connectivity index (χ0v) is 13.1. The van der Waals surface area contributed by atoms with Crippen LogP contribution < -0.4 is 10.6 Å². The number of likely N-dealkylation sites (N-methyl/N-ethyl adjacent to an activating group) is 1. The molecule has 1 saturated heterocycles. The number of nitrogens with one attached hydrogen (secondary N) is 2. The Bertz CT molecular complexity index is 568. The first-order chi connectivity index (χ1) is 10.5. The van der Waals surface area contributed by atoms with Crippen molar-refractivity contribution in [2.45, 2.75) is 25.3 Å². The van der Waals surface area contributed by atoms with Crippen LogP contribution in [0.2, 0.25) is 5.02 Å². The fraction of sp³-hybridized carbons (Fsp3) is 0.467. The van der Waals surface area contributed by atoms with E-state index in [-0.39, 0.29) is 29.4 Å². The summed E-state index contributed by atoms with van der Waals surface area (Å²) in [4.78, 5) is 25.7. The van der Waals surface area contributed by atoms with E-state index in [0.717, 1.165) is 19.3 Å². The Morgan fingerprint density at radius 2 is 2.27 bits per heavy atom. The number of benzene rings is 1. The van der Waals surface area contributed by atoms with Gasteiger partial charge in [0.15, 0.2) is 0 Å². The zero-order valence-electron chi connectivity index (χ0n) is 12.4. The van der Waals surface area contributed by atoms with Gasteiger partial charge in [0.1, 0.15) is 5.82 Å². The Kier molecular flexibility index (Phi) is 5.74. The SMILES string of the molecule is CN(CC(=O)Nc1ccc(F)c(Cl)c1)[C@H]1CCCCNC1=O. The molecule has 1 aromatic carbocycles. The minimum atomic E-state index is -0.535. The number of hydrogen-bond donors (Lipinski definition) is 2.